The topological polar surface area (TPSA) is 79.5 Å². The Bertz CT molecular complexity index is 694. The normalized spacial score (nSPS) is 17.1. The molecule has 1 amide bonds. The maximum absolute atomic E-state index is 12.6. The SMILES string of the molecule is COc1cc2nc(NC(=O)C(C)N3CCCCCC3)[nH]c2cc1OC. The average Bonchev–Trinajstić information content (AvgIpc) is 2.82. The summed E-state index contributed by atoms with van der Waals surface area (Å²) in [5.41, 5.74) is 1.51. The molecule has 3 rings (SSSR count). The first-order valence-corrected chi connectivity index (χ1v) is 8.79. The molecule has 0 saturated carbocycles. The number of hydrogen-bond acceptors (Lipinski definition) is 5. The van der Waals surface area contributed by atoms with Crippen LogP contribution < -0.4 is 14.8 Å². The van der Waals surface area contributed by atoms with Crippen LogP contribution in [-0.4, -0.2) is 54.1 Å². The minimum Gasteiger partial charge on any atom is -0.493 e. The van der Waals surface area contributed by atoms with E-state index in [1.807, 2.05) is 13.0 Å². The van der Waals surface area contributed by atoms with E-state index in [2.05, 4.69) is 20.2 Å². The minimum atomic E-state index is -0.171. The van der Waals surface area contributed by atoms with Gasteiger partial charge in [-0.2, -0.15) is 0 Å². The molecule has 0 radical (unpaired) electrons. The predicted molar refractivity (Wildman–Crippen MR) is 97.3 cm³/mol. The molecule has 1 saturated heterocycles. The number of fused-ring (bicyclic) bond motifs is 1. The number of nitrogens with one attached hydrogen (secondary N) is 2. The molecule has 1 aliphatic heterocycles. The summed E-state index contributed by atoms with van der Waals surface area (Å²) in [5.74, 6) is 1.63. The largest absolute Gasteiger partial charge is 0.493 e. The molecule has 1 aliphatic rings. The number of ether oxygens (including phenoxy) is 2. The Morgan fingerprint density at radius 1 is 1.16 bits per heavy atom. The van der Waals surface area contributed by atoms with E-state index in [1.54, 1.807) is 20.3 Å². The van der Waals surface area contributed by atoms with Gasteiger partial charge < -0.3 is 14.5 Å². The van der Waals surface area contributed by atoms with Gasteiger partial charge in [-0.05, 0) is 32.9 Å². The number of hydrogen-bond donors (Lipinski definition) is 2. The highest BCUT2D eigenvalue weighted by Crippen LogP contribution is 2.31. The molecule has 2 N–H and O–H groups in total. The van der Waals surface area contributed by atoms with Crippen molar-refractivity contribution in [1.82, 2.24) is 14.9 Å². The average molecular weight is 346 g/mol. The van der Waals surface area contributed by atoms with Crippen LogP contribution in [0.5, 0.6) is 11.5 Å². The summed E-state index contributed by atoms with van der Waals surface area (Å²) in [4.78, 5) is 22.4. The van der Waals surface area contributed by atoms with Crippen molar-refractivity contribution >= 4 is 22.9 Å². The summed E-state index contributed by atoms with van der Waals surface area (Å²) in [6, 6.07) is 3.43. The number of likely N-dealkylation sites (tertiary alicyclic amines) is 1. The van der Waals surface area contributed by atoms with Gasteiger partial charge in [-0.25, -0.2) is 4.98 Å². The van der Waals surface area contributed by atoms with E-state index in [0.29, 0.717) is 17.4 Å². The number of benzene rings is 1. The van der Waals surface area contributed by atoms with Gasteiger partial charge in [0.1, 0.15) is 0 Å². The minimum absolute atomic E-state index is 0.0418. The van der Waals surface area contributed by atoms with Crippen LogP contribution >= 0.6 is 0 Å². The Kier molecular flexibility index (Phi) is 5.43. The molecule has 7 nitrogen and oxygen atoms in total. The molecule has 25 heavy (non-hydrogen) atoms. The number of H-pyrrole nitrogens is 1. The summed E-state index contributed by atoms with van der Waals surface area (Å²) in [6.07, 6.45) is 4.81. The van der Waals surface area contributed by atoms with E-state index >= 15 is 0 Å². The molecule has 1 aromatic heterocycles. The fourth-order valence-electron chi connectivity index (χ4n) is 3.27. The molecule has 7 heteroatoms. The Morgan fingerprint density at radius 3 is 2.44 bits per heavy atom. The van der Waals surface area contributed by atoms with E-state index in [1.165, 1.54) is 12.8 Å². The number of nitrogens with zero attached hydrogens (tertiary/aromatic N) is 2. The lowest BCUT2D eigenvalue weighted by molar-refractivity contribution is -0.120. The first kappa shape index (κ1) is 17.5. The summed E-state index contributed by atoms with van der Waals surface area (Å²) in [6.45, 7) is 3.90. The van der Waals surface area contributed by atoms with Crippen molar-refractivity contribution in [3.8, 4) is 11.5 Å². The number of rotatable bonds is 5. The van der Waals surface area contributed by atoms with Crippen LogP contribution in [0.25, 0.3) is 11.0 Å². The van der Waals surface area contributed by atoms with E-state index in [9.17, 15) is 4.79 Å². The fourth-order valence-corrected chi connectivity index (χ4v) is 3.27. The van der Waals surface area contributed by atoms with Crippen molar-refractivity contribution < 1.29 is 14.3 Å². The lowest BCUT2D eigenvalue weighted by atomic mass is 10.2. The molecule has 1 unspecified atom stereocenters. The van der Waals surface area contributed by atoms with Crippen molar-refractivity contribution in [3.05, 3.63) is 12.1 Å². The Balaban J connectivity index is 1.74. The zero-order valence-corrected chi connectivity index (χ0v) is 15.1. The molecule has 1 fully saturated rings. The number of aromatic amines is 1. The zero-order valence-electron chi connectivity index (χ0n) is 15.1. The monoisotopic (exact) mass is 346 g/mol. The fraction of sp³-hybridized carbons (Fsp3) is 0.556. The number of methoxy groups -OCH3 is 2. The third-order valence-corrected chi connectivity index (χ3v) is 4.80. The summed E-state index contributed by atoms with van der Waals surface area (Å²) in [7, 11) is 3.17. The van der Waals surface area contributed by atoms with Crippen molar-refractivity contribution in [2.24, 2.45) is 0 Å². The lowest BCUT2D eigenvalue weighted by Gasteiger charge is -2.26. The van der Waals surface area contributed by atoms with Crippen LogP contribution in [0.2, 0.25) is 0 Å². The number of amides is 1. The maximum Gasteiger partial charge on any atom is 0.243 e. The van der Waals surface area contributed by atoms with E-state index in [0.717, 1.165) is 37.0 Å². The summed E-state index contributed by atoms with van der Waals surface area (Å²) >= 11 is 0. The standard InChI is InChI=1S/C18H26N4O3/c1-12(22-8-6-4-5-7-9-22)17(23)21-18-19-13-10-15(24-2)16(25-3)11-14(13)20-18/h10-12H,4-9H2,1-3H3,(H2,19,20,21,23). The quantitative estimate of drug-likeness (QED) is 0.870. The summed E-state index contributed by atoms with van der Waals surface area (Å²) in [5, 5.41) is 2.89. The zero-order chi connectivity index (χ0) is 17.8. The lowest BCUT2D eigenvalue weighted by Crippen LogP contribution is -2.42. The number of carbonyl (C=O) groups is 1. The highest BCUT2D eigenvalue weighted by molar-refractivity contribution is 5.94. The third kappa shape index (κ3) is 3.87. The molecule has 2 heterocycles. The predicted octanol–water partition coefficient (Wildman–Crippen LogP) is 2.78. The van der Waals surface area contributed by atoms with Crippen molar-refractivity contribution in [2.45, 2.75) is 38.6 Å². The first-order valence-electron chi connectivity index (χ1n) is 8.79. The van der Waals surface area contributed by atoms with Crippen LogP contribution in [0.1, 0.15) is 32.6 Å². The number of imidazole rings is 1. The Labute approximate surface area is 147 Å². The van der Waals surface area contributed by atoms with Gasteiger partial charge in [0.2, 0.25) is 11.9 Å². The van der Waals surface area contributed by atoms with Gasteiger partial charge in [-0.3, -0.25) is 15.0 Å². The van der Waals surface area contributed by atoms with Gasteiger partial charge in [0, 0.05) is 12.1 Å². The van der Waals surface area contributed by atoms with Crippen LogP contribution in [0, 0.1) is 0 Å². The number of anilines is 1. The maximum atomic E-state index is 12.6. The Morgan fingerprint density at radius 2 is 1.80 bits per heavy atom. The first-order chi connectivity index (χ1) is 12.1. The van der Waals surface area contributed by atoms with Crippen LogP contribution in [-0.2, 0) is 4.79 Å². The molecule has 2 aromatic rings. The molecule has 1 atom stereocenters. The molecule has 1 aromatic carbocycles. The molecule has 0 aliphatic carbocycles. The Hall–Kier alpha value is -2.28. The van der Waals surface area contributed by atoms with E-state index in [4.69, 9.17) is 9.47 Å². The second-order valence-corrected chi connectivity index (χ2v) is 6.43. The summed E-state index contributed by atoms with van der Waals surface area (Å²) < 4.78 is 10.6. The second-order valence-electron chi connectivity index (χ2n) is 6.43. The van der Waals surface area contributed by atoms with Gasteiger partial charge in [0.25, 0.3) is 0 Å². The second kappa shape index (κ2) is 7.74. The smallest absolute Gasteiger partial charge is 0.243 e. The van der Waals surface area contributed by atoms with Gasteiger partial charge in [-0.15, -0.1) is 0 Å². The van der Waals surface area contributed by atoms with Gasteiger partial charge >= 0.3 is 0 Å². The van der Waals surface area contributed by atoms with E-state index in [-0.39, 0.29) is 11.9 Å². The molecule has 136 valence electrons. The van der Waals surface area contributed by atoms with Gasteiger partial charge in [-0.1, -0.05) is 12.8 Å². The van der Waals surface area contributed by atoms with Crippen LogP contribution in [0.15, 0.2) is 12.1 Å². The molecular weight excluding hydrogens is 320 g/mol. The van der Waals surface area contributed by atoms with Gasteiger partial charge in [0.15, 0.2) is 11.5 Å². The van der Waals surface area contributed by atoms with Crippen LogP contribution in [0.4, 0.5) is 5.95 Å². The highest BCUT2D eigenvalue weighted by Gasteiger charge is 2.23. The third-order valence-electron chi connectivity index (χ3n) is 4.80. The number of aromatic nitrogens is 2. The van der Waals surface area contributed by atoms with Gasteiger partial charge in [0.05, 0.1) is 31.3 Å². The van der Waals surface area contributed by atoms with E-state index < -0.39 is 0 Å². The molecular formula is C18H26N4O3. The van der Waals surface area contributed by atoms with Crippen molar-refractivity contribution in [3.63, 3.8) is 0 Å². The van der Waals surface area contributed by atoms with Crippen molar-refractivity contribution in [1.29, 1.82) is 0 Å². The van der Waals surface area contributed by atoms with Crippen molar-refractivity contribution in [2.75, 3.05) is 32.6 Å². The van der Waals surface area contributed by atoms with Crippen LogP contribution in [0.3, 0.4) is 0 Å². The molecule has 0 bridgehead atoms. The number of carbonyl (C=O) groups excluding carboxylic acids is 1. The molecule has 0 spiro atoms. The highest BCUT2D eigenvalue weighted by atomic mass is 16.5.